The number of nitrogens with zero attached hydrogens (tertiary/aromatic N) is 3. The van der Waals surface area contributed by atoms with Crippen molar-refractivity contribution < 1.29 is 9.53 Å². The van der Waals surface area contributed by atoms with Gasteiger partial charge in [0.1, 0.15) is 5.75 Å². The van der Waals surface area contributed by atoms with Gasteiger partial charge in [-0.2, -0.15) is 0 Å². The topological polar surface area (TPSA) is 45.7 Å². The molecule has 0 atom stereocenters. The summed E-state index contributed by atoms with van der Waals surface area (Å²) < 4.78 is 5.75. The molecule has 1 aromatic carbocycles. The lowest BCUT2D eigenvalue weighted by Crippen LogP contribution is -2.48. The van der Waals surface area contributed by atoms with Crippen LogP contribution in [0.15, 0.2) is 48.8 Å². The lowest BCUT2D eigenvalue weighted by Gasteiger charge is -2.34. The standard InChI is InChI=1S/C22H29N3O2/c1-19-6-4-8-21(16-19)27-15-3-2-9-22(26)25-13-11-24(12-14-25)18-20-7-5-10-23-17-20/h4-8,10,16-17H,2-3,9,11-15,18H2,1H3. The molecule has 0 bridgehead atoms. The fraction of sp³-hybridized carbons (Fsp3) is 0.455. The molecule has 27 heavy (non-hydrogen) atoms. The maximum atomic E-state index is 12.4. The summed E-state index contributed by atoms with van der Waals surface area (Å²) in [7, 11) is 0. The SMILES string of the molecule is Cc1cccc(OCCCCC(=O)N2CCN(Cc3cccnc3)CC2)c1. The van der Waals surface area contributed by atoms with Crippen LogP contribution >= 0.6 is 0 Å². The van der Waals surface area contributed by atoms with Crippen LogP contribution < -0.4 is 4.74 Å². The molecule has 0 saturated carbocycles. The van der Waals surface area contributed by atoms with Gasteiger partial charge in [-0.3, -0.25) is 14.7 Å². The number of pyridine rings is 1. The number of ether oxygens (including phenoxy) is 1. The quantitative estimate of drug-likeness (QED) is 0.672. The van der Waals surface area contributed by atoms with E-state index in [0.29, 0.717) is 13.0 Å². The third-order valence-electron chi connectivity index (χ3n) is 4.90. The monoisotopic (exact) mass is 367 g/mol. The fourth-order valence-electron chi connectivity index (χ4n) is 3.34. The van der Waals surface area contributed by atoms with Crippen LogP contribution in [-0.2, 0) is 11.3 Å². The Bertz CT molecular complexity index is 713. The molecule has 3 rings (SSSR count). The zero-order valence-corrected chi connectivity index (χ0v) is 16.1. The van der Waals surface area contributed by atoms with Gasteiger partial charge in [-0.15, -0.1) is 0 Å². The first-order valence-corrected chi connectivity index (χ1v) is 9.79. The third kappa shape index (κ3) is 6.36. The van der Waals surface area contributed by atoms with Crippen LogP contribution in [0, 0.1) is 6.92 Å². The number of aryl methyl sites for hydroxylation is 1. The Hall–Kier alpha value is -2.40. The van der Waals surface area contributed by atoms with Crippen molar-refractivity contribution in [3.63, 3.8) is 0 Å². The van der Waals surface area contributed by atoms with Crippen LogP contribution in [0.3, 0.4) is 0 Å². The van der Waals surface area contributed by atoms with Crippen molar-refractivity contribution in [3.05, 3.63) is 59.9 Å². The Morgan fingerprint density at radius 2 is 1.96 bits per heavy atom. The number of carbonyl (C=O) groups excluding carboxylic acids is 1. The summed E-state index contributed by atoms with van der Waals surface area (Å²) in [6.07, 6.45) is 6.10. The van der Waals surface area contributed by atoms with Crippen LogP contribution in [-0.4, -0.2) is 53.5 Å². The molecule has 0 N–H and O–H groups in total. The molecule has 0 spiro atoms. The van der Waals surface area contributed by atoms with Crippen molar-refractivity contribution in [1.29, 1.82) is 0 Å². The van der Waals surface area contributed by atoms with Crippen molar-refractivity contribution in [2.24, 2.45) is 0 Å². The second-order valence-corrected chi connectivity index (χ2v) is 7.14. The molecule has 1 amide bonds. The third-order valence-corrected chi connectivity index (χ3v) is 4.90. The molecule has 2 heterocycles. The highest BCUT2D eigenvalue weighted by Crippen LogP contribution is 2.13. The zero-order chi connectivity index (χ0) is 18.9. The van der Waals surface area contributed by atoms with E-state index in [2.05, 4.69) is 28.9 Å². The van der Waals surface area contributed by atoms with Gasteiger partial charge >= 0.3 is 0 Å². The van der Waals surface area contributed by atoms with Gasteiger partial charge in [0, 0.05) is 51.5 Å². The van der Waals surface area contributed by atoms with Gasteiger partial charge in [0.2, 0.25) is 5.91 Å². The van der Waals surface area contributed by atoms with E-state index < -0.39 is 0 Å². The highest BCUT2D eigenvalue weighted by Gasteiger charge is 2.20. The first kappa shape index (κ1) is 19.4. The number of benzene rings is 1. The molecule has 1 aromatic heterocycles. The molecule has 0 unspecified atom stereocenters. The van der Waals surface area contributed by atoms with Crippen molar-refractivity contribution in [1.82, 2.24) is 14.8 Å². The molecule has 0 aliphatic carbocycles. The molecule has 2 aromatic rings. The number of amides is 1. The van der Waals surface area contributed by atoms with Gasteiger partial charge in [-0.05, 0) is 49.1 Å². The number of aromatic nitrogens is 1. The van der Waals surface area contributed by atoms with E-state index in [1.165, 1.54) is 11.1 Å². The molecular weight excluding hydrogens is 338 g/mol. The Labute approximate surface area is 162 Å². The van der Waals surface area contributed by atoms with Crippen molar-refractivity contribution in [3.8, 4) is 5.75 Å². The molecule has 5 heteroatoms. The maximum absolute atomic E-state index is 12.4. The molecule has 1 aliphatic rings. The van der Waals surface area contributed by atoms with E-state index in [0.717, 1.165) is 51.3 Å². The summed E-state index contributed by atoms with van der Waals surface area (Å²) in [5.41, 5.74) is 2.43. The van der Waals surface area contributed by atoms with Gasteiger partial charge < -0.3 is 9.64 Å². The number of rotatable bonds is 8. The molecule has 0 radical (unpaired) electrons. The number of unbranched alkanes of at least 4 members (excludes halogenated alkanes) is 1. The Morgan fingerprint density at radius 3 is 2.70 bits per heavy atom. The minimum atomic E-state index is 0.270. The van der Waals surface area contributed by atoms with Crippen LogP contribution in [0.5, 0.6) is 5.75 Å². The molecule has 1 aliphatic heterocycles. The van der Waals surface area contributed by atoms with E-state index in [-0.39, 0.29) is 5.91 Å². The molecule has 1 saturated heterocycles. The minimum Gasteiger partial charge on any atom is -0.494 e. The van der Waals surface area contributed by atoms with E-state index >= 15 is 0 Å². The van der Waals surface area contributed by atoms with Crippen molar-refractivity contribution >= 4 is 5.91 Å². The lowest BCUT2D eigenvalue weighted by molar-refractivity contribution is -0.133. The van der Waals surface area contributed by atoms with E-state index in [4.69, 9.17) is 4.74 Å². The largest absolute Gasteiger partial charge is 0.494 e. The highest BCUT2D eigenvalue weighted by atomic mass is 16.5. The summed E-state index contributed by atoms with van der Waals surface area (Å²) in [5, 5.41) is 0. The van der Waals surface area contributed by atoms with Crippen LogP contribution in [0.25, 0.3) is 0 Å². The van der Waals surface area contributed by atoms with Crippen molar-refractivity contribution in [2.75, 3.05) is 32.8 Å². The van der Waals surface area contributed by atoms with Gasteiger partial charge in [0.05, 0.1) is 6.61 Å². The first-order chi connectivity index (χ1) is 13.2. The summed E-state index contributed by atoms with van der Waals surface area (Å²) >= 11 is 0. The average Bonchev–Trinajstić information content (AvgIpc) is 2.69. The molecule has 144 valence electrons. The van der Waals surface area contributed by atoms with Gasteiger partial charge in [-0.1, -0.05) is 18.2 Å². The maximum Gasteiger partial charge on any atom is 0.222 e. The van der Waals surface area contributed by atoms with Crippen LogP contribution in [0.4, 0.5) is 0 Å². The Morgan fingerprint density at radius 1 is 1.11 bits per heavy atom. The summed E-state index contributed by atoms with van der Waals surface area (Å²) in [5.74, 6) is 1.18. The number of carbonyl (C=O) groups is 1. The van der Waals surface area contributed by atoms with Gasteiger partial charge in [0.15, 0.2) is 0 Å². The second kappa shape index (κ2) is 10.1. The average molecular weight is 367 g/mol. The van der Waals surface area contributed by atoms with Crippen LogP contribution in [0.1, 0.15) is 30.4 Å². The number of hydrogen-bond donors (Lipinski definition) is 0. The van der Waals surface area contributed by atoms with E-state index in [1.807, 2.05) is 35.4 Å². The lowest BCUT2D eigenvalue weighted by atomic mass is 10.2. The fourth-order valence-corrected chi connectivity index (χ4v) is 3.34. The zero-order valence-electron chi connectivity index (χ0n) is 16.1. The first-order valence-electron chi connectivity index (χ1n) is 9.79. The molecular formula is C22H29N3O2. The minimum absolute atomic E-state index is 0.270. The molecule has 1 fully saturated rings. The number of piperazine rings is 1. The number of hydrogen-bond acceptors (Lipinski definition) is 4. The summed E-state index contributed by atoms with van der Waals surface area (Å²) in [6, 6.07) is 12.1. The normalized spacial score (nSPS) is 14.9. The second-order valence-electron chi connectivity index (χ2n) is 7.14. The Balaban J connectivity index is 1.29. The Kier molecular flexibility index (Phi) is 7.22. The van der Waals surface area contributed by atoms with Crippen molar-refractivity contribution in [2.45, 2.75) is 32.7 Å². The predicted molar refractivity (Wildman–Crippen MR) is 107 cm³/mol. The predicted octanol–water partition coefficient (Wildman–Crippen LogP) is 3.28. The van der Waals surface area contributed by atoms with Crippen LogP contribution in [0.2, 0.25) is 0 Å². The summed E-state index contributed by atoms with van der Waals surface area (Å²) in [4.78, 5) is 20.9. The highest BCUT2D eigenvalue weighted by molar-refractivity contribution is 5.76. The smallest absolute Gasteiger partial charge is 0.222 e. The van der Waals surface area contributed by atoms with Gasteiger partial charge in [0.25, 0.3) is 0 Å². The summed E-state index contributed by atoms with van der Waals surface area (Å²) in [6.45, 7) is 7.12. The van der Waals surface area contributed by atoms with Gasteiger partial charge in [-0.25, -0.2) is 0 Å². The van der Waals surface area contributed by atoms with E-state index in [9.17, 15) is 4.79 Å². The molecule has 5 nitrogen and oxygen atoms in total. The van der Waals surface area contributed by atoms with E-state index in [1.54, 1.807) is 6.20 Å².